The van der Waals surface area contributed by atoms with E-state index >= 15 is 0 Å². The molecule has 1 amide bonds. The van der Waals surface area contributed by atoms with Crippen molar-refractivity contribution in [1.29, 1.82) is 0 Å². The van der Waals surface area contributed by atoms with Gasteiger partial charge in [0.2, 0.25) is 5.91 Å². The highest BCUT2D eigenvalue weighted by Gasteiger charge is 2.20. The number of primary amides is 1. The molecule has 0 saturated carbocycles. The first-order chi connectivity index (χ1) is 7.65. The summed E-state index contributed by atoms with van der Waals surface area (Å²) in [6.45, 7) is 5.59. The number of hydrogen-bond donors (Lipinski definition) is 2. The van der Waals surface area contributed by atoms with Gasteiger partial charge in [0.15, 0.2) is 0 Å². The van der Waals surface area contributed by atoms with Gasteiger partial charge >= 0.3 is 0 Å². The summed E-state index contributed by atoms with van der Waals surface area (Å²) in [4.78, 5) is 15.2. The van der Waals surface area contributed by atoms with Gasteiger partial charge in [0.1, 0.15) is 0 Å². The van der Waals surface area contributed by atoms with Crippen LogP contribution in [0.4, 0.5) is 0 Å². The Labute approximate surface area is 96.0 Å². The highest BCUT2D eigenvalue weighted by atomic mass is 16.1. The minimum absolute atomic E-state index is 0.242. The third-order valence-electron chi connectivity index (χ3n) is 2.81. The van der Waals surface area contributed by atoms with Crippen molar-refractivity contribution in [2.75, 3.05) is 6.54 Å². The molecule has 0 aliphatic rings. The molecule has 1 heterocycles. The van der Waals surface area contributed by atoms with E-state index in [1.165, 1.54) is 0 Å². The van der Waals surface area contributed by atoms with E-state index in [0.29, 0.717) is 6.54 Å². The van der Waals surface area contributed by atoms with E-state index in [1.807, 2.05) is 17.7 Å². The van der Waals surface area contributed by atoms with Crippen LogP contribution in [0.1, 0.15) is 20.3 Å². The summed E-state index contributed by atoms with van der Waals surface area (Å²) in [5.41, 5.74) is 5.35. The molecule has 5 nitrogen and oxygen atoms in total. The van der Waals surface area contributed by atoms with Crippen molar-refractivity contribution < 1.29 is 4.79 Å². The minimum atomic E-state index is -0.278. The van der Waals surface area contributed by atoms with Gasteiger partial charge in [-0.3, -0.25) is 4.79 Å². The van der Waals surface area contributed by atoms with Gasteiger partial charge in [-0.25, -0.2) is 4.98 Å². The summed E-state index contributed by atoms with van der Waals surface area (Å²) in [5.74, 6) is -0.0136. The van der Waals surface area contributed by atoms with Gasteiger partial charge in [0.05, 0.1) is 12.4 Å². The lowest BCUT2D eigenvalue weighted by atomic mass is 9.99. The van der Waals surface area contributed by atoms with Crippen molar-refractivity contribution in [3.63, 3.8) is 0 Å². The summed E-state index contributed by atoms with van der Waals surface area (Å²) < 4.78 is 1.96. The number of rotatable bonds is 7. The molecular weight excluding hydrogens is 204 g/mol. The number of carbonyl (C=O) groups excluding carboxylic acids is 1. The maximum absolute atomic E-state index is 11.2. The number of aromatic nitrogens is 2. The highest BCUT2D eigenvalue weighted by molar-refractivity contribution is 5.80. The van der Waals surface area contributed by atoms with Crippen LogP contribution in [0.15, 0.2) is 18.7 Å². The second-order valence-corrected chi connectivity index (χ2v) is 4.02. The molecule has 0 aliphatic carbocycles. The number of imidazole rings is 1. The van der Waals surface area contributed by atoms with Crippen LogP contribution in [0.5, 0.6) is 0 Å². The van der Waals surface area contributed by atoms with Gasteiger partial charge in [-0.1, -0.05) is 20.3 Å². The van der Waals surface area contributed by atoms with Gasteiger partial charge in [-0.15, -0.1) is 0 Å². The van der Waals surface area contributed by atoms with Crippen molar-refractivity contribution in [3.8, 4) is 0 Å². The molecule has 0 bridgehead atoms. The highest BCUT2D eigenvalue weighted by Crippen LogP contribution is 2.06. The summed E-state index contributed by atoms with van der Waals surface area (Å²) in [5, 5.41) is 3.18. The quantitative estimate of drug-likeness (QED) is 0.703. The molecule has 90 valence electrons. The summed E-state index contributed by atoms with van der Waals surface area (Å²) >= 11 is 0. The molecule has 5 heteroatoms. The summed E-state index contributed by atoms with van der Waals surface area (Å²) in [6, 6.07) is -0.242. The van der Waals surface area contributed by atoms with Gasteiger partial charge in [-0.05, 0) is 5.92 Å². The lowest BCUT2D eigenvalue weighted by Gasteiger charge is -2.21. The van der Waals surface area contributed by atoms with Crippen LogP contribution in [-0.4, -0.2) is 28.0 Å². The first-order valence-corrected chi connectivity index (χ1v) is 5.63. The van der Waals surface area contributed by atoms with E-state index in [-0.39, 0.29) is 17.9 Å². The maximum atomic E-state index is 11.2. The third-order valence-corrected chi connectivity index (χ3v) is 2.81. The smallest absolute Gasteiger partial charge is 0.234 e. The van der Waals surface area contributed by atoms with Gasteiger partial charge in [0, 0.05) is 25.5 Å². The fraction of sp³-hybridized carbons (Fsp3) is 0.636. The molecule has 1 aromatic rings. The lowest BCUT2D eigenvalue weighted by molar-refractivity contribution is -0.121. The Morgan fingerprint density at radius 3 is 2.88 bits per heavy atom. The molecule has 0 aliphatic heterocycles. The Morgan fingerprint density at radius 2 is 2.38 bits per heavy atom. The lowest BCUT2D eigenvalue weighted by Crippen LogP contribution is -2.46. The van der Waals surface area contributed by atoms with Crippen LogP contribution >= 0.6 is 0 Å². The van der Waals surface area contributed by atoms with E-state index < -0.39 is 0 Å². The number of nitrogens with one attached hydrogen (secondary N) is 1. The van der Waals surface area contributed by atoms with Crippen molar-refractivity contribution in [3.05, 3.63) is 18.7 Å². The van der Waals surface area contributed by atoms with Crippen LogP contribution in [0.3, 0.4) is 0 Å². The average Bonchev–Trinajstić information content (AvgIpc) is 2.75. The van der Waals surface area contributed by atoms with E-state index in [4.69, 9.17) is 5.73 Å². The predicted octanol–water partition coefficient (Wildman–Crippen LogP) is 0.373. The van der Waals surface area contributed by atoms with Crippen LogP contribution in [0.2, 0.25) is 0 Å². The van der Waals surface area contributed by atoms with Crippen molar-refractivity contribution >= 4 is 5.91 Å². The maximum Gasteiger partial charge on any atom is 0.234 e. The number of amides is 1. The van der Waals surface area contributed by atoms with E-state index in [1.54, 1.807) is 12.5 Å². The van der Waals surface area contributed by atoms with Crippen LogP contribution in [0, 0.1) is 5.92 Å². The number of carbonyl (C=O) groups is 1. The third kappa shape index (κ3) is 3.66. The molecule has 0 spiro atoms. The Hall–Kier alpha value is -1.36. The normalized spacial score (nSPS) is 14.6. The van der Waals surface area contributed by atoms with Crippen LogP contribution in [0.25, 0.3) is 0 Å². The standard InChI is InChI=1S/C11H20N4O/c1-3-9(2)10(11(12)16)14-5-7-15-6-4-13-8-15/h4,6,8-10,14H,3,5,7H2,1-2H3,(H2,12,16)/t9?,10-/m0/s1. The topological polar surface area (TPSA) is 72.9 Å². The molecule has 3 N–H and O–H groups in total. The zero-order valence-corrected chi connectivity index (χ0v) is 9.89. The number of hydrogen-bond acceptors (Lipinski definition) is 3. The SMILES string of the molecule is CCC(C)[C@H](NCCn1ccnc1)C(N)=O. The molecule has 0 aromatic carbocycles. The Balaban J connectivity index is 2.35. The second kappa shape index (κ2) is 6.27. The van der Waals surface area contributed by atoms with Crippen LogP contribution in [-0.2, 0) is 11.3 Å². The largest absolute Gasteiger partial charge is 0.368 e. The molecule has 2 atom stereocenters. The molecule has 0 saturated heterocycles. The van der Waals surface area contributed by atoms with E-state index in [9.17, 15) is 4.79 Å². The molecule has 1 aromatic heterocycles. The van der Waals surface area contributed by atoms with Gasteiger partial charge < -0.3 is 15.6 Å². The average molecular weight is 224 g/mol. The zero-order chi connectivity index (χ0) is 12.0. The van der Waals surface area contributed by atoms with Crippen molar-refractivity contribution in [2.24, 2.45) is 11.7 Å². The van der Waals surface area contributed by atoms with E-state index in [0.717, 1.165) is 13.0 Å². The molecule has 16 heavy (non-hydrogen) atoms. The second-order valence-electron chi connectivity index (χ2n) is 4.02. The van der Waals surface area contributed by atoms with Crippen molar-refractivity contribution in [1.82, 2.24) is 14.9 Å². The molecule has 1 rings (SSSR count). The fourth-order valence-corrected chi connectivity index (χ4v) is 1.59. The molecular formula is C11H20N4O. The van der Waals surface area contributed by atoms with E-state index in [2.05, 4.69) is 17.2 Å². The zero-order valence-electron chi connectivity index (χ0n) is 9.89. The first-order valence-electron chi connectivity index (χ1n) is 5.63. The van der Waals surface area contributed by atoms with Gasteiger partial charge in [0.25, 0.3) is 0 Å². The Bertz CT molecular complexity index is 310. The number of nitrogens with two attached hydrogens (primary N) is 1. The molecule has 0 fully saturated rings. The number of nitrogens with zero attached hydrogens (tertiary/aromatic N) is 2. The Morgan fingerprint density at radius 1 is 1.62 bits per heavy atom. The summed E-state index contributed by atoms with van der Waals surface area (Å²) in [6.07, 6.45) is 6.32. The monoisotopic (exact) mass is 224 g/mol. The minimum Gasteiger partial charge on any atom is -0.368 e. The van der Waals surface area contributed by atoms with Crippen molar-refractivity contribution in [2.45, 2.75) is 32.9 Å². The summed E-state index contributed by atoms with van der Waals surface area (Å²) in [7, 11) is 0. The fourth-order valence-electron chi connectivity index (χ4n) is 1.59. The molecule has 0 radical (unpaired) electrons. The molecule has 1 unspecified atom stereocenters. The predicted molar refractivity (Wildman–Crippen MR) is 62.7 cm³/mol. The Kier molecular flexibility index (Phi) is 4.98. The first kappa shape index (κ1) is 12.7. The van der Waals surface area contributed by atoms with Gasteiger partial charge in [-0.2, -0.15) is 0 Å². The van der Waals surface area contributed by atoms with Crippen LogP contribution < -0.4 is 11.1 Å².